The summed E-state index contributed by atoms with van der Waals surface area (Å²) in [4.78, 5) is 4.42. The molecule has 0 spiro atoms. The predicted molar refractivity (Wildman–Crippen MR) is 92.6 cm³/mol. The molecule has 120 valence electrons. The van der Waals surface area contributed by atoms with Crippen molar-refractivity contribution in [3.8, 4) is 23.1 Å². The van der Waals surface area contributed by atoms with E-state index in [-0.39, 0.29) is 5.82 Å². The SMILES string of the molecule is Cc1cccc(-c2nc(C#N)c(C)n2-c2c(C)cccc2C)c1F. The van der Waals surface area contributed by atoms with Crippen molar-refractivity contribution in [3.63, 3.8) is 0 Å². The lowest BCUT2D eigenvalue weighted by atomic mass is 10.1. The van der Waals surface area contributed by atoms with E-state index in [1.165, 1.54) is 0 Å². The van der Waals surface area contributed by atoms with Crippen LogP contribution in [0.25, 0.3) is 17.1 Å². The minimum atomic E-state index is -0.306. The number of nitrogens with zero attached hydrogens (tertiary/aromatic N) is 3. The summed E-state index contributed by atoms with van der Waals surface area (Å²) in [5, 5.41) is 9.39. The van der Waals surface area contributed by atoms with Crippen LogP contribution in [0.2, 0.25) is 0 Å². The standard InChI is InChI=1S/C20H18FN3/c1-12-7-6-10-16(18(12)21)20-23-17(11-22)15(4)24(20)19-13(2)8-5-9-14(19)3/h5-10H,1-4H3. The number of para-hydroxylation sites is 1. The third kappa shape index (κ3) is 2.39. The lowest BCUT2D eigenvalue weighted by Crippen LogP contribution is -2.05. The Morgan fingerprint density at radius 1 is 0.958 bits per heavy atom. The zero-order valence-electron chi connectivity index (χ0n) is 14.2. The lowest BCUT2D eigenvalue weighted by molar-refractivity contribution is 0.620. The average Bonchev–Trinajstić information content (AvgIpc) is 2.87. The van der Waals surface area contributed by atoms with Gasteiger partial charge >= 0.3 is 0 Å². The van der Waals surface area contributed by atoms with E-state index in [0.717, 1.165) is 16.8 Å². The van der Waals surface area contributed by atoms with Gasteiger partial charge in [0.1, 0.15) is 17.7 Å². The minimum absolute atomic E-state index is 0.306. The number of rotatable bonds is 2. The number of benzene rings is 2. The average molecular weight is 319 g/mol. The highest BCUT2D eigenvalue weighted by molar-refractivity contribution is 5.65. The van der Waals surface area contributed by atoms with Crippen LogP contribution < -0.4 is 0 Å². The van der Waals surface area contributed by atoms with Gasteiger partial charge in [-0.25, -0.2) is 9.37 Å². The van der Waals surface area contributed by atoms with Gasteiger partial charge in [-0.3, -0.25) is 4.57 Å². The van der Waals surface area contributed by atoms with Gasteiger partial charge in [0.25, 0.3) is 0 Å². The maximum absolute atomic E-state index is 14.7. The van der Waals surface area contributed by atoms with Gasteiger partial charge in [-0.15, -0.1) is 0 Å². The Morgan fingerprint density at radius 2 is 1.54 bits per heavy atom. The topological polar surface area (TPSA) is 41.6 Å². The highest BCUT2D eigenvalue weighted by Gasteiger charge is 2.21. The second kappa shape index (κ2) is 5.93. The largest absolute Gasteiger partial charge is 0.295 e. The van der Waals surface area contributed by atoms with Crippen molar-refractivity contribution in [1.82, 2.24) is 9.55 Å². The molecule has 1 aromatic heterocycles. The van der Waals surface area contributed by atoms with Crippen LogP contribution in [-0.4, -0.2) is 9.55 Å². The first-order valence-electron chi connectivity index (χ1n) is 7.77. The lowest BCUT2D eigenvalue weighted by Gasteiger charge is -2.16. The Balaban J connectivity index is 2.41. The molecule has 0 amide bonds. The molecule has 0 radical (unpaired) electrons. The highest BCUT2D eigenvalue weighted by atomic mass is 19.1. The molecule has 0 aliphatic rings. The number of aryl methyl sites for hydroxylation is 3. The summed E-state index contributed by atoms with van der Waals surface area (Å²) in [5.74, 6) is 0.155. The van der Waals surface area contributed by atoms with E-state index in [2.05, 4.69) is 11.1 Å². The van der Waals surface area contributed by atoms with Crippen LogP contribution in [0.3, 0.4) is 0 Å². The van der Waals surface area contributed by atoms with E-state index < -0.39 is 0 Å². The maximum atomic E-state index is 14.7. The van der Waals surface area contributed by atoms with E-state index in [1.807, 2.05) is 43.5 Å². The maximum Gasteiger partial charge on any atom is 0.162 e. The molecule has 0 saturated heterocycles. The predicted octanol–water partition coefficient (Wildman–Crippen LogP) is 4.78. The molecule has 2 aromatic carbocycles. The van der Waals surface area contributed by atoms with Gasteiger partial charge in [0, 0.05) is 0 Å². The minimum Gasteiger partial charge on any atom is -0.295 e. The van der Waals surface area contributed by atoms with Crippen molar-refractivity contribution in [3.05, 3.63) is 70.3 Å². The summed E-state index contributed by atoms with van der Waals surface area (Å²) in [6, 6.07) is 13.3. The Bertz CT molecular complexity index is 957. The van der Waals surface area contributed by atoms with Crippen LogP contribution in [0.5, 0.6) is 0 Å². The summed E-state index contributed by atoms with van der Waals surface area (Å²) >= 11 is 0. The molecule has 0 fully saturated rings. The van der Waals surface area contributed by atoms with E-state index in [0.29, 0.717) is 28.3 Å². The van der Waals surface area contributed by atoms with Crippen molar-refractivity contribution >= 4 is 0 Å². The molecule has 0 aliphatic carbocycles. The summed E-state index contributed by atoms with van der Waals surface area (Å²) in [6.45, 7) is 7.58. The monoisotopic (exact) mass is 319 g/mol. The highest BCUT2D eigenvalue weighted by Crippen LogP contribution is 2.31. The first kappa shape index (κ1) is 15.9. The molecule has 4 heteroatoms. The normalized spacial score (nSPS) is 10.7. The fraction of sp³-hybridized carbons (Fsp3) is 0.200. The number of hydrogen-bond donors (Lipinski definition) is 0. The van der Waals surface area contributed by atoms with E-state index in [1.54, 1.807) is 25.1 Å². The zero-order chi connectivity index (χ0) is 17.4. The van der Waals surface area contributed by atoms with Crippen molar-refractivity contribution in [2.24, 2.45) is 0 Å². The Morgan fingerprint density at radius 3 is 2.17 bits per heavy atom. The third-order valence-electron chi connectivity index (χ3n) is 4.31. The molecule has 0 atom stereocenters. The molecule has 1 heterocycles. The van der Waals surface area contributed by atoms with E-state index in [4.69, 9.17) is 0 Å². The first-order valence-corrected chi connectivity index (χ1v) is 7.77. The zero-order valence-corrected chi connectivity index (χ0v) is 14.2. The quantitative estimate of drug-likeness (QED) is 0.682. The van der Waals surface area contributed by atoms with Gasteiger partial charge in [0.05, 0.1) is 16.9 Å². The molecule has 0 bridgehead atoms. The van der Waals surface area contributed by atoms with Gasteiger partial charge in [0.2, 0.25) is 0 Å². The van der Waals surface area contributed by atoms with Crippen LogP contribution in [0, 0.1) is 44.8 Å². The Kier molecular flexibility index (Phi) is 3.94. The second-order valence-electron chi connectivity index (χ2n) is 5.99. The van der Waals surface area contributed by atoms with E-state index in [9.17, 15) is 9.65 Å². The summed E-state index contributed by atoms with van der Waals surface area (Å²) in [7, 11) is 0. The molecule has 3 nitrogen and oxygen atoms in total. The van der Waals surface area contributed by atoms with Crippen molar-refractivity contribution in [2.75, 3.05) is 0 Å². The van der Waals surface area contributed by atoms with Gasteiger partial charge < -0.3 is 0 Å². The smallest absolute Gasteiger partial charge is 0.162 e. The van der Waals surface area contributed by atoms with Crippen LogP contribution >= 0.6 is 0 Å². The van der Waals surface area contributed by atoms with Gasteiger partial charge in [0.15, 0.2) is 5.69 Å². The molecule has 3 rings (SSSR count). The number of imidazole rings is 1. The molecule has 0 saturated carbocycles. The number of halogens is 1. The summed E-state index contributed by atoms with van der Waals surface area (Å²) in [6.07, 6.45) is 0. The van der Waals surface area contributed by atoms with Crippen molar-refractivity contribution in [1.29, 1.82) is 5.26 Å². The second-order valence-corrected chi connectivity index (χ2v) is 5.99. The molecular formula is C20H18FN3. The molecule has 0 N–H and O–H groups in total. The van der Waals surface area contributed by atoms with Gasteiger partial charge in [-0.05, 0) is 50.5 Å². The number of aromatic nitrogens is 2. The van der Waals surface area contributed by atoms with Crippen LogP contribution in [0.15, 0.2) is 36.4 Å². The van der Waals surface area contributed by atoms with Crippen molar-refractivity contribution < 1.29 is 4.39 Å². The molecule has 3 aromatic rings. The number of nitriles is 1. The van der Waals surface area contributed by atoms with Crippen LogP contribution in [0.4, 0.5) is 4.39 Å². The van der Waals surface area contributed by atoms with Gasteiger partial charge in [-0.1, -0.05) is 30.3 Å². The van der Waals surface area contributed by atoms with E-state index >= 15 is 0 Å². The Hall–Kier alpha value is -2.93. The number of hydrogen-bond acceptors (Lipinski definition) is 2. The fourth-order valence-corrected chi connectivity index (χ4v) is 3.04. The Labute approximate surface area is 141 Å². The summed E-state index contributed by atoms with van der Waals surface area (Å²) < 4.78 is 16.6. The third-order valence-corrected chi connectivity index (χ3v) is 4.31. The molecule has 0 unspecified atom stereocenters. The fourth-order valence-electron chi connectivity index (χ4n) is 3.04. The summed E-state index contributed by atoms with van der Waals surface area (Å²) in [5.41, 5.74) is 5.03. The van der Waals surface area contributed by atoms with Crippen molar-refractivity contribution in [2.45, 2.75) is 27.7 Å². The first-order chi connectivity index (χ1) is 11.5. The molecule has 24 heavy (non-hydrogen) atoms. The molecular weight excluding hydrogens is 301 g/mol. The molecule has 0 aliphatic heterocycles. The van der Waals surface area contributed by atoms with Gasteiger partial charge in [-0.2, -0.15) is 5.26 Å². The van der Waals surface area contributed by atoms with Crippen LogP contribution in [-0.2, 0) is 0 Å². The van der Waals surface area contributed by atoms with Crippen LogP contribution in [0.1, 0.15) is 28.1 Å².